The lowest BCUT2D eigenvalue weighted by atomic mass is 10.1. The summed E-state index contributed by atoms with van der Waals surface area (Å²) < 4.78 is 26.9. The molecule has 0 aromatic heterocycles. The Morgan fingerprint density at radius 3 is 2.67 bits per heavy atom. The van der Waals surface area contributed by atoms with Crippen molar-refractivity contribution in [1.29, 1.82) is 0 Å². The van der Waals surface area contributed by atoms with Gasteiger partial charge in [0.25, 0.3) is 0 Å². The summed E-state index contributed by atoms with van der Waals surface area (Å²) in [6.07, 6.45) is 1.89. The molecule has 0 radical (unpaired) electrons. The summed E-state index contributed by atoms with van der Waals surface area (Å²) in [6, 6.07) is 3.49. The fourth-order valence-corrected chi connectivity index (χ4v) is 3.05. The third kappa shape index (κ3) is 3.06. The Balaban J connectivity index is 1.72. The molecule has 0 spiro atoms. The Bertz CT molecular complexity index is 532. The molecule has 0 saturated carbocycles. The van der Waals surface area contributed by atoms with Crippen LogP contribution in [-0.2, 0) is 4.79 Å². The number of halogens is 2. The Morgan fingerprint density at radius 1 is 1.19 bits per heavy atom. The molecular weight excluding hydrogens is 276 g/mol. The number of carbonyl (C=O) groups excluding carboxylic acids is 1. The Hall–Kier alpha value is -1.53. The van der Waals surface area contributed by atoms with Crippen LogP contribution in [0.25, 0.3) is 0 Å². The quantitative estimate of drug-likeness (QED) is 0.914. The molecule has 0 bridgehead atoms. The van der Waals surface area contributed by atoms with Crippen LogP contribution in [0, 0.1) is 11.6 Å². The number of nitrogens with zero attached hydrogens (tertiary/aromatic N) is 2. The average molecular weight is 295 g/mol. The van der Waals surface area contributed by atoms with Crippen LogP contribution in [0.2, 0.25) is 0 Å². The van der Waals surface area contributed by atoms with Crippen LogP contribution >= 0.6 is 0 Å². The van der Waals surface area contributed by atoms with Crippen molar-refractivity contribution in [2.45, 2.75) is 19.0 Å². The second kappa shape index (κ2) is 6.07. The predicted molar refractivity (Wildman–Crippen MR) is 74.5 cm³/mol. The standard InChI is InChI=1S/C15H19F2N3O/c16-11-3-4-12(13(17)9-11)15-18-10-14(21)20(15)8-7-19-5-1-2-6-19/h3-4,9,15,18H,1-2,5-8,10H2. The highest BCUT2D eigenvalue weighted by Crippen LogP contribution is 2.25. The fourth-order valence-electron chi connectivity index (χ4n) is 3.05. The minimum atomic E-state index is -0.617. The molecule has 1 aromatic carbocycles. The van der Waals surface area contributed by atoms with Crippen LogP contribution < -0.4 is 5.32 Å². The van der Waals surface area contributed by atoms with E-state index in [4.69, 9.17) is 0 Å². The van der Waals surface area contributed by atoms with Crippen LogP contribution in [0.3, 0.4) is 0 Å². The highest BCUT2D eigenvalue weighted by atomic mass is 19.1. The van der Waals surface area contributed by atoms with Crippen molar-refractivity contribution in [3.05, 3.63) is 35.4 Å². The monoisotopic (exact) mass is 295 g/mol. The van der Waals surface area contributed by atoms with Crippen molar-refractivity contribution in [2.75, 3.05) is 32.7 Å². The number of carbonyl (C=O) groups is 1. The first-order valence-corrected chi connectivity index (χ1v) is 7.35. The van der Waals surface area contributed by atoms with E-state index in [1.165, 1.54) is 25.0 Å². The number of likely N-dealkylation sites (tertiary alicyclic amines) is 1. The Labute approximate surface area is 122 Å². The predicted octanol–water partition coefficient (Wildman–Crippen LogP) is 1.49. The van der Waals surface area contributed by atoms with E-state index < -0.39 is 17.8 Å². The number of amides is 1. The number of rotatable bonds is 4. The van der Waals surface area contributed by atoms with E-state index >= 15 is 0 Å². The van der Waals surface area contributed by atoms with Crippen LogP contribution in [0.5, 0.6) is 0 Å². The maximum absolute atomic E-state index is 13.9. The summed E-state index contributed by atoms with van der Waals surface area (Å²) in [4.78, 5) is 15.9. The smallest absolute Gasteiger partial charge is 0.238 e. The molecule has 1 aromatic rings. The van der Waals surface area contributed by atoms with E-state index in [1.54, 1.807) is 4.90 Å². The largest absolute Gasteiger partial charge is 0.320 e. The number of benzene rings is 1. The summed E-state index contributed by atoms with van der Waals surface area (Å²) in [5.41, 5.74) is 0.323. The van der Waals surface area contributed by atoms with Crippen LogP contribution in [-0.4, -0.2) is 48.4 Å². The molecule has 2 saturated heterocycles. The average Bonchev–Trinajstić information content (AvgIpc) is 3.07. The Kier molecular flexibility index (Phi) is 4.17. The van der Waals surface area contributed by atoms with Crippen molar-refractivity contribution >= 4 is 5.91 Å². The van der Waals surface area contributed by atoms with Gasteiger partial charge in [-0.3, -0.25) is 10.1 Å². The lowest BCUT2D eigenvalue weighted by molar-refractivity contribution is -0.128. The first-order chi connectivity index (χ1) is 10.1. The normalized spacial score (nSPS) is 23.2. The zero-order valence-corrected chi connectivity index (χ0v) is 11.8. The molecule has 1 atom stereocenters. The maximum atomic E-state index is 13.9. The van der Waals surface area contributed by atoms with Gasteiger partial charge in [0.05, 0.1) is 6.54 Å². The Morgan fingerprint density at radius 2 is 1.95 bits per heavy atom. The van der Waals surface area contributed by atoms with Crippen molar-refractivity contribution in [2.24, 2.45) is 0 Å². The van der Waals surface area contributed by atoms with Gasteiger partial charge >= 0.3 is 0 Å². The lowest BCUT2D eigenvalue weighted by Gasteiger charge is -2.27. The number of nitrogens with one attached hydrogen (secondary N) is 1. The van der Waals surface area contributed by atoms with Gasteiger partial charge in [-0.05, 0) is 38.1 Å². The molecule has 21 heavy (non-hydrogen) atoms. The van der Waals surface area contributed by atoms with Crippen molar-refractivity contribution in [1.82, 2.24) is 15.1 Å². The van der Waals surface area contributed by atoms with E-state index in [0.29, 0.717) is 12.1 Å². The van der Waals surface area contributed by atoms with Gasteiger partial charge in [-0.15, -0.1) is 0 Å². The van der Waals surface area contributed by atoms with Crippen LogP contribution in [0.15, 0.2) is 18.2 Å². The molecule has 2 aliphatic rings. The minimum absolute atomic E-state index is 0.0390. The second-order valence-electron chi connectivity index (χ2n) is 5.59. The number of hydrogen-bond acceptors (Lipinski definition) is 3. The molecule has 2 heterocycles. The van der Waals surface area contributed by atoms with Crippen LogP contribution in [0.4, 0.5) is 8.78 Å². The molecule has 6 heteroatoms. The van der Waals surface area contributed by atoms with E-state index in [0.717, 1.165) is 25.7 Å². The third-order valence-corrected chi connectivity index (χ3v) is 4.19. The molecular formula is C15H19F2N3O. The molecule has 4 nitrogen and oxygen atoms in total. The zero-order chi connectivity index (χ0) is 14.8. The van der Waals surface area contributed by atoms with Gasteiger partial charge in [0.2, 0.25) is 5.91 Å². The zero-order valence-electron chi connectivity index (χ0n) is 11.8. The van der Waals surface area contributed by atoms with Gasteiger partial charge in [0.15, 0.2) is 0 Å². The van der Waals surface area contributed by atoms with Crippen molar-refractivity contribution < 1.29 is 13.6 Å². The van der Waals surface area contributed by atoms with E-state index in [9.17, 15) is 13.6 Å². The SMILES string of the molecule is O=C1CNC(c2ccc(F)cc2F)N1CCN1CCCC1. The highest BCUT2D eigenvalue weighted by molar-refractivity contribution is 5.81. The molecule has 2 aliphatic heterocycles. The van der Waals surface area contributed by atoms with E-state index in [2.05, 4.69) is 10.2 Å². The minimum Gasteiger partial charge on any atom is -0.320 e. The molecule has 1 N–H and O–H groups in total. The summed E-state index contributed by atoms with van der Waals surface area (Å²) in [5, 5.41) is 3.00. The third-order valence-electron chi connectivity index (χ3n) is 4.19. The first-order valence-electron chi connectivity index (χ1n) is 7.35. The molecule has 2 fully saturated rings. The highest BCUT2D eigenvalue weighted by Gasteiger charge is 2.33. The number of hydrogen-bond donors (Lipinski definition) is 1. The first kappa shape index (κ1) is 14.4. The van der Waals surface area contributed by atoms with Crippen molar-refractivity contribution in [3.8, 4) is 0 Å². The van der Waals surface area contributed by atoms with Gasteiger partial charge in [0, 0.05) is 24.7 Å². The fraction of sp³-hybridized carbons (Fsp3) is 0.533. The van der Waals surface area contributed by atoms with Gasteiger partial charge in [-0.2, -0.15) is 0 Å². The molecule has 114 valence electrons. The van der Waals surface area contributed by atoms with E-state index in [1.807, 2.05) is 0 Å². The molecule has 0 aliphatic carbocycles. The van der Waals surface area contributed by atoms with Gasteiger partial charge in [-0.1, -0.05) is 0 Å². The van der Waals surface area contributed by atoms with E-state index in [-0.39, 0.29) is 12.5 Å². The topological polar surface area (TPSA) is 35.6 Å². The molecule has 1 amide bonds. The lowest BCUT2D eigenvalue weighted by Crippen LogP contribution is -2.37. The summed E-state index contributed by atoms with van der Waals surface area (Å²) >= 11 is 0. The molecule has 3 rings (SSSR count). The second-order valence-corrected chi connectivity index (χ2v) is 5.59. The van der Waals surface area contributed by atoms with Crippen molar-refractivity contribution in [3.63, 3.8) is 0 Å². The van der Waals surface area contributed by atoms with Crippen LogP contribution in [0.1, 0.15) is 24.6 Å². The summed E-state index contributed by atoms with van der Waals surface area (Å²) in [6.45, 7) is 3.68. The summed E-state index contributed by atoms with van der Waals surface area (Å²) in [7, 11) is 0. The maximum Gasteiger partial charge on any atom is 0.238 e. The summed E-state index contributed by atoms with van der Waals surface area (Å²) in [5.74, 6) is -1.26. The van der Waals surface area contributed by atoms with Gasteiger partial charge in [0.1, 0.15) is 17.8 Å². The van der Waals surface area contributed by atoms with Gasteiger partial charge < -0.3 is 9.80 Å². The van der Waals surface area contributed by atoms with Gasteiger partial charge in [-0.25, -0.2) is 8.78 Å². The molecule has 1 unspecified atom stereocenters.